The Morgan fingerprint density at radius 3 is 0.733 bits per heavy atom. The van der Waals surface area contributed by atoms with Gasteiger partial charge in [-0.05, 0) is 219 Å². The third-order valence-electron chi connectivity index (χ3n) is 14.6. The topological polar surface area (TPSA) is 43.8 Å². The molecule has 12 aliphatic rings. The van der Waals surface area contributed by atoms with Crippen molar-refractivity contribution in [1.29, 1.82) is 0 Å². The van der Waals surface area contributed by atoms with Gasteiger partial charge in [-0.2, -0.15) is 0 Å². The average molecular weight is 1190 g/mol. The van der Waals surface area contributed by atoms with Gasteiger partial charge in [0.15, 0.2) is 0 Å². The van der Waals surface area contributed by atoms with Crippen LogP contribution in [0.15, 0.2) is 183 Å². The van der Waals surface area contributed by atoms with Crippen molar-refractivity contribution in [2.75, 3.05) is 189 Å². The van der Waals surface area contributed by atoms with E-state index in [-0.39, 0.29) is 0 Å². The van der Waals surface area contributed by atoms with Crippen molar-refractivity contribution in [3.8, 4) is 0 Å². The Kier molecular flexibility index (Phi) is 50.9. The number of hydrogen-bond donors (Lipinski definition) is 0. The van der Waals surface area contributed by atoms with E-state index in [0.29, 0.717) is 0 Å². The first-order valence-electron chi connectivity index (χ1n) is 32.7. The molecule has 13 heterocycles. The molecule has 1 aromatic rings. The van der Waals surface area contributed by atoms with Gasteiger partial charge >= 0.3 is 0 Å². The molecule has 0 aliphatic carbocycles. The SMILES string of the molecule is CN1C=CC=CC1.CN1C=CC=CC1.CN1C=CCC1.CN1C=CCC1.CN1C=CCC=C1.CN1C=CCCC1.CN1C=CCCC1.CN1CC=CC1.CN1CC=CCC1.CN1CC=CCC1.CN1CCCC1.CN1CCCCC1.Cn1cccc1. The largest absolute Gasteiger partial charge is 0.381 e. The molecular weight excluding hydrogens is 1060 g/mol. The van der Waals surface area contributed by atoms with Gasteiger partial charge in [0.25, 0.3) is 0 Å². The summed E-state index contributed by atoms with van der Waals surface area (Å²) in [4.78, 5) is 26.7. The van der Waals surface area contributed by atoms with Crippen LogP contribution >= 0.6 is 0 Å². The van der Waals surface area contributed by atoms with Gasteiger partial charge in [-0.25, -0.2) is 0 Å². The van der Waals surface area contributed by atoms with Crippen LogP contribution in [0.5, 0.6) is 0 Å². The van der Waals surface area contributed by atoms with Crippen molar-refractivity contribution in [3.63, 3.8) is 0 Å². The van der Waals surface area contributed by atoms with Crippen molar-refractivity contribution in [2.45, 2.75) is 89.9 Å². The van der Waals surface area contributed by atoms with Crippen LogP contribution < -0.4 is 0 Å². The van der Waals surface area contributed by atoms with Crippen LogP contribution in [-0.2, 0) is 7.05 Å². The lowest BCUT2D eigenvalue weighted by atomic mass is 10.1. The maximum atomic E-state index is 2.39. The molecule has 13 rings (SSSR count). The third kappa shape index (κ3) is 53.7. The monoisotopic (exact) mass is 1190 g/mol. The first kappa shape index (κ1) is 78.3. The molecule has 0 unspecified atom stereocenters. The quantitative estimate of drug-likeness (QED) is 0.233. The highest BCUT2D eigenvalue weighted by atomic mass is 15.1. The second-order valence-electron chi connectivity index (χ2n) is 23.9. The predicted molar refractivity (Wildman–Crippen MR) is 380 cm³/mol. The molecule has 0 radical (unpaired) electrons. The van der Waals surface area contributed by atoms with Gasteiger partial charge in [-0.1, -0.05) is 104 Å². The Hall–Kier alpha value is -5.70. The maximum absolute atomic E-state index is 2.39. The number of rotatable bonds is 0. The zero-order valence-electron chi connectivity index (χ0n) is 57.3. The molecule has 1 aromatic heterocycles. The van der Waals surface area contributed by atoms with Crippen molar-refractivity contribution in [3.05, 3.63) is 183 Å². The smallest absolute Gasteiger partial charge is 0.0353 e. The summed E-state index contributed by atoms with van der Waals surface area (Å²) in [6.07, 6.45) is 77.8. The lowest BCUT2D eigenvalue weighted by molar-refractivity contribution is 0.277. The minimum absolute atomic E-state index is 1.05. The lowest BCUT2D eigenvalue weighted by Gasteiger charge is -2.20. The number of aryl methyl sites for hydroxylation is 1. The van der Waals surface area contributed by atoms with Crippen LogP contribution in [0.3, 0.4) is 0 Å². The molecular formula is C73H129N13. The molecule has 13 nitrogen and oxygen atoms in total. The zero-order valence-corrected chi connectivity index (χ0v) is 57.3. The standard InChI is InChI=1S/C6H13N.4C6H11N.3C6H9N.C5H11N.3C5H9N.C5H7N/c8*1-7-5-3-2-4-6-7;5*1-6-4-2-3-5-6/h2-6H2,1H3;2*3,5H,2,4,6H2,1H3;2*2-3H,4-6H2,1H3;3-6H,2H2,1H3;2*2-5H,6H2,1H3;2-5H2,1H3;2*2,4H,3,5H2,1H3;2-3H,4-5H2,1H3;2-5H,1H3. The number of piperidine rings is 1. The molecule has 2 fully saturated rings. The molecule has 0 spiro atoms. The minimum atomic E-state index is 1.05. The van der Waals surface area contributed by atoms with E-state index in [1.54, 1.807) is 0 Å². The van der Waals surface area contributed by atoms with E-state index in [2.05, 4.69) is 278 Å². The summed E-state index contributed by atoms with van der Waals surface area (Å²) in [6, 6.07) is 4.00. The van der Waals surface area contributed by atoms with E-state index in [9.17, 15) is 0 Å². The van der Waals surface area contributed by atoms with Gasteiger partial charge in [0.05, 0.1) is 0 Å². The summed E-state index contributed by atoms with van der Waals surface area (Å²) in [5, 5.41) is 0. The van der Waals surface area contributed by atoms with E-state index in [0.717, 1.165) is 45.7 Å². The molecule has 0 bridgehead atoms. The van der Waals surface area contributed by atoms with Gasteiger partial charge in [-0.15, -0.1) is 0 Å². The van der Waals surface area contributed by atoms with Gasteiger partial charge in [0.1, 0.15) is 0 Å². The molecule has 12 aliphatic heterocycles. The van der Waals surface area contributed by atoms with Crippen LogP contribution in [0.2, 0.25) is 0 Å². The zero-order chi connectivity index (χ0) is 62.9. The number of likely N-dealkylation sites (tertiary alicyclic amines) is 2. The predicted octanol–water partition coefficient (Wildman–Crippen LogP) is 12.6. The van der Waals surface area contributed by atoms with Crippen LogP contribution in [0, 0.1) is 0 Å². The fourth-order valence-electron chi connectivity index (χ4n) is 8.95. The van der Waals surface area contributed by atoms with Gasteiger partial charge in [0, 0.05) is 147 Å². The lowest BCUT2D eigenvalue weighted by Crippen LogP contribution is -2.24. The highest BCUT2D eigenvalue weighted by Gasteiger charge is 2.04. The van der Waals surface area contributed by atoms with Gasteiger partial charge in [-0.3, -0.25) is 4.90 Å². The second-order valence-corrected chi connectivity index (χ2v) is 23.9. The van der Waals surface area contributed by atoms with Crippen LogP contribution in [-0.4, -0.2) is 253 Å². The number of aromatic nitrogens is 1. The summed E-state index contributed by atoms with van der Waals surface area (Å²) < 4.78 is 2.00. The Labute approximate surface area is 530 Å². The Bertz CT molecular complexity index is 1970. The van der Waals surface area contributed by atoms with Crippen LogP contribution in [0.25, 0.3) is 0 Å². The van der Waals surface area contributed by atoms with Gasteiger partial charge in [0.2, 0.25) is 0 Å². The summed E-state index contributed by atoms with van der Waals surface area (Å²) >= 11 is 0. The Balaban J connectivity index is 0.000000466. The Morgan fingerprint density at radius 2 is 0.581 bits per heavy atom. The van der Waals surface area contributed by atoms with E-state index < -0.39 is 0 Å². The molecule has 0 atom stereocenters. The molecule has 13 heteroatoms. The van der Waals surface area contributed by atoms with Crippen molar-refractivity contribution in [2.24, 2.45) is 7.05 Å². The van der Waals surface area contributed by atoms with Crippen LogP contribution in [0.4, 0.5) is 0 Å². The summed E-state index contributed by atoms with van der Waals surface area (Å²) in [7, 11) is 27.3. The fraction of sp³-hybridized carbons (Fsp3) is 0.589. The molecule has 0 amide bonds. The molecule has 2 saturated heterocycles. The normalized spacial score (nSPS) is 20.3. The highest BCUT2D eigenvalue weighted by Crippen LogP contribution is 2.06. The summed E-state index contributed by atoms with van der Waals surface area (Å²) in [5.41, 5.74) is 0. The van der Waals surface area contributed by atoms with Crippen molar-refractivity contribution < 1.29 is 0 Å². The molecule has 0 saturated carbocycles. The number of allylic oxidation sites excluding steroid dienone is 8. The fourth-order valence-corrected chi connectivity index (χ4v) is 8.95. The molecule has 0 N–H and O–H groups in total. The molecule has 0 aromatic carbocycles. The first-order valence-corrected chi connectivity index (χ1v) is 32.7. The van der Waals surface area contributed by atoms with Crippen molar-refractivity contribution in [1.82, 2.24) is 63.4 Å². The van der Waals surface area contributed by atoms with Gasteiger partial charge < -0.3 is 58.5 Å². The first-order chi connectivity index (χ1) is 41.6. The third-order valence-corrected chi connectivity index (χ3v) is 14.6. The van der Waals surface area contributed by atoms with E-state index in [4.69, 9.17) is 0 Å². The van der Waals surface area contributed by atoms with E-state index in [1.807, 2.05) is 60.2 Å². The highest BCUT2D eigenvalue weighted by molar-refractivity contribution is 5.08. The summed E-state index contributed by atoms with van der Waals surface area (Å²) in [6.45, 7) is 19.3. The number of hydrogen-bond acceptors (Lipinski definition) is 12. The molecule has 486 valence electrons. The van der Waals surface area contributed by atoms with E-state index >= 15 is 0 Å². The van der Waals surface area contributed by atoms with E-state index in [1.165, 1.54) is 149 Å². The average Bonchev–Trinajstić information content (AvgIpc) is 4.43. The molecule has 86 heavy (non-hydrogen) atoms. The van der Waals surface area contributed by atoms with Crippen molar-refractivity contribution >= 4 is 0 Å². The van der Waals surface area contributed by atoms with Crippen LogP contribution in [0.1, 0.15) is 89.9 Å². The number of nitrogens with zero attached hydrogens (tertiary/aromatic N) is 13. The summed E-state index contributed by atoms with van der Waals surface area (Å²) in [5.74, 6) is 0. The maximum Gasteiger partial charge on any atom is 0.0353 e. The Morgan fingerprint density at radius 1 is 0.221 bits per heavy atom. The number of likely N-dealkylation sites (N-methyl/N-ethyl adjacent to an activating group) is 5. The second kappa shape index (κ2) is 55.9. The minimum Gasteiger partial charge on any atom is -0.381 e.